The number of rotatable bonds is 5. The van der Waals surface area contributed by atoms with Crippen molar-refractivity contribution in [2.75, 3.05) is 4.90 Å². The van der Waals surface area contributed by atoms with Crippen molar-refractivity contribution in [1.82, 2.24) is 9.97 Å². The van der Waals surface area contributed by atoms with Gasteiger partial charge < -0.3 is 4.90 Å². The Morgan fingerprint density at radius 1 is 0.366 bits per heavy atom. The molecule has 0 unspecified atom stereocenters. The summed E-state index contributed by atoms with van der Waals surface area (Å²) in [6, 6.07) is 52.9. The monoisotopic (exact) mass is 523 g/mol. The Morgan fingerprint density at radius 3 is 1.34 bits per heavy atom. The molecular weight excluding hydrogens is 498 g/mol. The fourth-order valence-corrected chi connectivity index (χ4v) is 5.97. The minimum atomic E-state index is 0.899. The van der Waals surface area contributed by atoms with Crippen LogP contribution < -0.4 is 4.90 Å². The largest absolute Gasteiger partial charge is 0.310 e. The first-order chi connectivity index (χ1) is 20.4. The number of para-hydroxylation sites is 2. The summed E-state index contributed by atoms with van der Waals surface area (Å²) in [5.41, 5.74) is 11.4. The summed E-state index contributed by atoms with van der Waals surface area (Å²) in [6.07, 6.45) is 0. The molecule has 0 amide bonds. The van der Waals surface area contributed by atoms with Crippen LogP contribution in [0.3, 0.4) is 0 Å². The molecule has 41 heavy (non-hydrogen) atoms. The lowest BCUT2D eigenvalue weighted by molar-refractivity contribution is 1.23. The third kappa shape index (κ3) is 3.82. The molecule has 0 saturated carbocycles. The predicted octanol–water partition coefficient (Wildman–Crippen LogP) is 10.1. The molecule has 0 saturated heterocycles. The van der Waals surface area contributed by atoms with Gasteiger partial charge in [-0.15, -0.1) is 0 Å². The molecule has 0 radical (unpaired) electrons. The van der Waals surface area contributed by atoms with Gasteiger partial charge in [0.2, 0.25) is 0 Å². The zero-order valence-corrected chi connectivity index (χ0v) is 22.3. The minimum Gasteiger partial charge on any atom is -0.310 e. The zero-order chi connectivity index (χ0) is 27.2. The molecule has 6 aromatic carbocycles. The van der Waals surface area contributed by atoms with E-state index in [1.807, 2.05) is 12.1 Å². The summed E-state index contributed by atoms with van der Waals surface area (Å²) in [7, 11) is 0. The molecule has 3 nitrogen and oxygen atoms in total. The van der Waals surface area contributed by atoms with Gasteiger partial charge in [-0.3, -0.25) is 0 Å². The molecule has 0 fully saturated rings. The standard InChI is InChI=1S/C38H25N3/c1-5-14-26(15-6-1)35-36(27-16-7-2-8-17-27)40-38-32-24-25-33(30-22-13-23-31(34(30)32)37(38)39-35)41(28-18-9-3-10-19-28)29-20-11-4-12-21-29/h1-25H. The van der Waals surface area contributed by atoms with E-state index >= 15 is 0 Å². The highest BCUT2D eigenvalue weighted by atomic mass is 15.1. The number of aromatic nitrogens is 2. The molecule has 0 N–H and O–H groups in total. The lowest BCUT2D eigenvalue weighted by Crippen LogP contribution is -2.10. The van der Waals surface area contributed by atoms with Gasteiger partial charge in [-0.1, -0.05) is 115 Å². The molecule has 0 atom stereocenters. The Hall–Kier alpha value is -5.54. The van der Waals surface area contributed by atoms with Crippen molar-refractivity contribution in [3.8, 4) is 45.0 Å². The molecular formula is C38H25N3. The number of fused-ring (bicyclic) bond motifs is 3. The van der Waals surface area contributed by atoms with E-state index in [2.05, 4.69) is 144 Å². The first kappa shape index (κ1) is 23.4. The molecule has 0 aliphatic heterocycles. The Morgan fingerprint density at radius 2 is 0.829 bits per heavy atom. The van der Waals surface area contributed by atoms with Crippen LogP contribution in [0.4, 0.5) is 17.1 Å². The topological polar surface area (TPSA) is 29.0 Å². The van der Waals surface area contributed by atoms with Crippen LogP contribution in [0.5, 0.6) is 0 Å². The van der Waals surface area contributed by atoms with Crippen molar-refractivity contribution in [1.29, 1.82) is 0 Å². The van der Waals surface area contributed by atoms with Crippen molar-refractivity contribution in [3.63, 3.8) is 0 Å². The highest BCUT2D eigenvalue weighted by Crippen LogP contribution is 2.51. The fourth-order valence-electron chi connectivity index (χ4n) is 5.97. The van der Waals surface area contributed by atoms with Gasteiger partial charge in [0.15, 0.2) is 0 Å². The van der Waals surface area contributed by atoms with Crippen LogP contribution in [0.15, 0.2) is 152 Å². The molecule has 0 bridgehead atoms. The molecule has 1 aromatic heterocycles. The van der Waals surface area contributed by atoms with E-state index in [4.69, 9.17) is 9.97 Å². The van der Waals surface area contributed by atoms with Crippen LogP contribution in [0.1, 0.15) is 0 Å². The summed E-state index contributed by atoms with van der Waals surface area (Å²) in [4.78, 5) is 13.0. The molecule has 1 aliphatic carbocycles. The Kier molecular flexibility index (Phi) is 5.46. The summed E-state index contributed by atoms with van der Waals surface area (Å²) >= 11 is 0. The molecule has 3 heteroatoms. The van der Waals surface area contributed by atoms with Crippen molar-refractivity contribution in [3.05, 3.63) is 152 Å². The normalized spacial score (nSPS) is 11.4. The molecule has 1 heterocycles. The Balaban J connectivity index is 1.39. The average Bonchev–Trinajstić information content (AvgIpc) is 3.37. The van der Waals surface area contributed by atoms with Gasteiger partial charge in [0, 0.05) is 44.4 Å². The molecule has 8 rings (SSSR count). The van der Waals surface area contributed by atoms with E-state index in [-0.39, 0.29) is 0 Å². The van der Waals surface area contributed by atoms with E-state index < -0.39 is 0 Å². The van der Waals surface area contributed by atoms with Crippen LogP contribution in [-0.4, -0.2) is 9.97 Å². The second-order valence-corrected chi connectivity index (χ2v) is 10.2. The van der Waals surface area contributed by atoms with Gasteiger partial charge in [0.1, 0.15) is 0 Å². The highest BCUT2D eigenvalue weighted by molar-refractivity contribution is 6.18. The number of anilines is 3. The maximum absolute atomic E-state index is 5.35. The number of nitrogens with zero attached hydrogens (tertiary/aromatic N) is 3. The van der Waals surface area contributed by atoms with E-state index in [1.54, 1.807) is 0 Å². The van der Waals surface area contributed by atoms with Gasteiger partial charge in [-0.05, 0) is 36.4 Å². The van der Waals surface area contributed by atoms with Crippen LogP contribution >= 0.6 is 0 Å². The van der Waals surface area contributed by atoms with Crippen molar-refractivity contribution < 1.29 is 0 Å². The van der Waals surface area contributed by atoms with E-state index in [0.717, 1.165) is 62.1 Å². The first-order valence-corrected chi connectivity index (χ1v) is 13.9. The predicted molar refractivity (Wildman–Crippen MR) is 170 cm³/mol. The van der Waals surface area contributed by atoms with Crippen LogP contribution in [0.2, 0.25) is 0 Å². The Bertz CT molecular complexity index is 1910. The maximum Gasteiger partial charge on any atom is 0.0980 e. The fraction of sp³-hybridized carbons (Fsp3) is 0. The molecule has 7 aromatic rings. The average molecular weight is 524 g/mol. The van der Waals surface area contributed by atoms with E-state index in [1.165, 1.54) is 10.8 Å². The summed E-state index contributed by atoms with van der Waals surface area (Å²) in [5.74, 6) is 0. The third-order valence-electron chi connectivity index (χ3n) is 7.79. The SMILES string of the molecule is c1ccc(-c2nc3c(nc2-c2ccccc2)-c2ccc(N(c4ccccc4)c4ccccc4)c4cccc-3c24)cc1. The van der Waals surface area contributed by atoms with Crippen molar-refractivity contribution in [2.45, 2.75) is 0 Å². The van der Waals surface area contributed by atoms with E-state index in [9.17, 15) is 0 Å². The molecule has 192 valence electrons. The summed E-state index contributed by atoms with van der Waals surface area (Å²) in [6.45, 7) is 0. The lowest BCUT2D eigenvalue weighted by Gasteiger charge is -2.27. The summed E-state index contributed by atoms with van der Waals surface area (Å²) in [5, 5.41) is 2.37. The zero-order valence-electron chi connectivity index (χ0n) is 22.3. The van der Waals surface area contributed by atoms with Gasteiger partial charge in [0.05, 0.1) is 28.5 Å². The smallest absolute Gasteiger partial charge is 0.0980 e. The van der Waals surface area contributed by atoms with Gasteiger partial charge in [-0.25, -0.2) is 9.97 Å². The highest BCUT2D eigenvalue weighted by Gasteiger charge is 2.29. The third-order valence-corrected chi connectivity index (χ3v) is 7.79. The number of hydrogen-bond acceptors (Lipinski definition) is 3. The molecule has 1 aliphatic rings. The van der Waals surface area contributed by atoms with Crippen molar-refractivity contribution in [2.24, 2.45) is 0 Å². The van der Waals surface area contributed by atoms with Gasteiger partial charge >= 0.3 is 0 Å². The van der Waals surface area contributed by atoms with Crippen LogP contribution in [0.25, 0.3) is 55.8 Å². The number of hydrogen-bond donors (Lipinski definition) is 0. The minimum absolute atomic E-state index is 0.899. The Labute approximate surface area is 239 Å². The summed E-state index contributed by atoms with van der Waals surface area (Å²) < 4.78 is 0. The quantitative estimate of drug-likeness (QED) is 0.225. The number of benzene rings is 6. The van der Waals surface area contributed by atoms with Gasteiger partial charge in [-0.2, -0.15) is 0 Å². The molecule has 0 spiro atoms. The van der Waals surface area contributed by atoms with Crippen LogP contribution in [-0.2, 0) is 0 Å². The second kappa shape index (κ2) is 9.58. The van der Waals surface area contributed by atoms with Gasteiger partial charge in [0.25, 0.3) is 0 Å². The lowest BCUT2D eigenvalue weighted by atomic mass is 10.0. The first-order valence-electron chi connectivity index (χ1n) is 13.9. The van der Waals surface area contributed by atoms with Crippen molar-refractivity contribution >= 4 is 27.8 Å². The van der Waals surface area contributed by atoms with E-state index in [0.29, 0.717) is 0 Å². The maximum atomic E-state index is 5.35. The van der Waals surface area contributed by atoms with Crippen LogP contribution in [0, 0.1) is 0 Å². The second-order valence-electron chi connectivity index (χ2n) is 10.2.